The van der Waals surface area contributed by atoms with Gasteiger partial charge in [-0.25, -0.2) is 4.98 Å². The van der Waals surface area contributed by atoms with Gasteiger partial charge in [-0.15, -0.1) is 11.8 Å². The first-order chi connectivity index (χ1) is 8.54. The fraction of sp³-hybridized carbons (Fsp3) is 0.538. The van der Waals surface area contributed by atoms with Crippen molar-refractivity contribution in [2.45, 2.75) is 31.2 Å². The van der Waals surface area contributed by atoms with Gasteiger partial charge in [0.05, 0.1) is 18.0 Å². The van der Waals surface area contributed by atoms with Gasteiger partial charge in [0, 0.05) is 11.9 Å². The van der Waals surface area contributed by atoms with Gasteiger partial charge in [-0.1, -0.05) is 0 Å². The molecule has 1 fully saturated rings. The molecule has 0 saturated heterocycles. The van der Waals surface area contributed by atoms with E-state index in [1.54, 1.807) is 11.8 Å². The van der Waals surface area contributed by atoms with E-state index in [1.165, 1.54) is 7.11 Å². The second-order valence-corrected chi connectivity index (χ2v) is 6.66. The van der Waals surface area contributed by atoms with Gasteiger partial charge in [0.25, 0.3) is 0 Å². The van der Waals surface area contributed by atoms with Gasteiger partial charge in [-0.05, 0) is 52.7 Å². The number of halogens is 1. The lowest BCUT2D eigenvalue weighted by Gasteiger charge is -2.13. The fourth-order valence-corrected chi connectivity index (χ4v) is 3.74. The van der Waals surface area contributed by atoms with Crippen molar-refractivity contribution in [2.75, 3.05) is 12.9 Å². The number of pyridine rings is 1. The predicted octanol–water partition coefficient (Wildman–Crippen LogP) is 3.59. The minimum atomic E-state index is -0.107. The van der Waals surface area contributed by atoms with E-state index in [0.29, 0.717) is 6.42 Å². The van der Waals surface area contributed by atoms with E-state index in [2.05, 4.69) is 27.0 Å². The number of hydrogen-bond donors (Lipinski definition) is 0. The quantitative estimate of drug-likeness (QED) is 0.611. The van der Waals surface area contributed by atoms with Gasteiger partial charge in [0.1, 0.15) is 5.03 Å². The summed E-state index contributed by atoms with van der Waals surface area (Å²) in [6.07, 6.45) is 4.62. The van der Waals surface area contributed by atoms with Crippen LogP contribution in [0.4, 0.5) is 0 Å². The maximum Gasteiger partial charge on any atom is 0.306 e. The minimum absolute atomic E-state index is 0.107. The molecule has 0 aromatic carbocycles. The van der Waals surface area contributed by atoms with Gasteiger partial charge in [-0.2, -0.15) is 0 Å². The molecule has 1 heterocycles. The van der Waals surface area contributed by atoms with Gasteiger partial charge in [0.2, 0.25) is 0 Å². The summed E-state index contributed by atoms with van der Waals surface area (Å²) in [5.41, 5.74) is 1.28. The topological polar surface area (TPSA) is 39.2 Å². The molecule has 0 atom stereocenters. The highest BCUT2D eigenvalue weighted by Gasteiger charge is 2.44. The van der Waals surface area contributed by atoms with Crippen LogP contribution >= 0.6 is 27.7 Å². The molecule has 1 saturated carbocycles. The van der Waals surface area contributed by atoms with E-state index in [4.69, 9.17) is 4.74 Å². The third kappa shape index (κ3) is 3.48. The standard InChI is InChI=1S/C13H16BrNO2S/c1-9-5-10(14)12(15-7-9)18-8-13(3-4-13)6-11(16)17-2/h5,7H,3-4,6,8H2,1-2H3. The molecular weight excluding hydrogens is 314 g/mol. The second-order valence-electron chi connectivity index (χ2n) is 4.84. The maximum atomic E-state index is 11.3. The molecule has 0 amide bonds. The summed E-state index contributed by atoms with van der Waals surface area (Å²) in [6, 6.07) is 2.06. The lowest BCUT2D eigenvalue weighted by molar-refractivity contribution is -0.141. The Kier molecular flexibility index (Phi) is 4.33. The van der Waals surface area contributed by atoms with Gasteiger partial charge >= 0.3 is 5.97 Å². The number of aryl methyl sites for hydroxylation is 1. The largest absolute Gasteiger partial charge is 0.469 e. The summed E-state index contributed by atoms with van der Waals surface area (Å²) in [6.45, 7) is 2.02. The first kappa shape index (κ1) is 13.9. The van der Waals surface area contributed by atoms with Crippen LogP contribution in [0.15, 0.2) is 21.8 Å². The third-order valence-corrected chi connectivity index (χ3v) is 5.39. The SMILES string of the molecule is COC(=O)CC1(CSc2ncc(C)cc2Br)CC1. The van der Waals surface area contributed by atoms with Crippen molar-refractivity contribution >= 4 is 33.7 Å². The normalized spacial score (nSPS) is 16.4. The Hall–Kier alpha value is -0.550. The van der Waals surface area contributed by atoms with Gasteiger partial charge < -0.3 is 4.74 Å². The second kappa shape index (κ2) is 5.61. The Morgan fingerprint density at radius 3 is 2.89 bits per heavy atom. The zero-order chi connectivity index (χ0) is 13.2. The molecule has 0 unspecified atom stereocenters. The number of esters is 1. The van der Waals surface area contributed by atoms with Crippen LogP contribution in [0, 0.1) is 12.3 Å². The molecule has 1 aromatic rings. The lowest BCUT2D eigenvalue weighted by atomic mass is 10.1. The lowest BCUT2D eigenvalue weighted by Crippen LogP contribution is -2.13. The molecule has 1 aliphatic rings. The number of rotatable bonds is 5. The molecule has 0 aliphatic heterocycles. The molecule has 1 aromatic heterocycles. The number of hydrogen-bond acceptors (Lipinski definition) is 4. The van der Waals surface area contributed by atoms with Crippen LogP contribution < -0.4 is 0 Å². The number of carbonyl (C=O) groups excluding carboxylic acids is 1. The monoisotopic (exact) mass is 329 g/mol. The Morgan fingerprint density at radius 2 is 2.33 bits per heavy atom. The minimum Gasteiger partial charge on any atom is -0.469 e. The fourth-order valence-electron chi connectivity index (χ4n) is 1.78. The summed E-state index contributed by atoms with van der Waals surface area (Å²) in [5.74, 6) is 0.820. The molecule has 0 N–H and O–H groups in total. The van der Waals surface area contributed by atoms with Crippen molar-refractivity contribution in [3.8, 4) is 0 Å². The van der Waals surface area contributed by atoms with Crippen LogP contribution in [0.1, 0.15) is 24.8 Å². The molecule has 3 nitrogen and oxygen atoms in total. The molecule has 1 aliphatic carbocycles. The zero-order valence-electron chi connectivity index (χ0n) is 10.5. The van der Waals surface area contributed by atoms with Gasteiger partial charge in [-0.3, -0.25) is 4.79 Å². The zero-order valence-corrected chi connectivity index (χ0v) is 12.9. The molecule has 0 radical (unpaired) electrons. The van der Waals surface area contributed by atoms with E-state index in [0.717, 1.165) is 33.7 Å². The summed E-state index contributed by atoms with van der Waals surface area (Å²) in [5, 5.41) is 0.997. The molecular formula is C13H16BrNO2S. The summed E-state index contributed by atoms with van der Waals surface area (Å²) >= 11 is 5.24. The van der Waals surface area contributed by atoms with E-state index in [9.17, 15) is 4.79 Å². The van der Waals surface area contributed by atoms with Crippen LogP contribution in [-0.4, -0.2) is 23.8 Å². The number of methoxy groups -OCH3 is 1. The number of ether oxygens (including phenoxy) is 1. The number of carbonyl (C=O) groups is 1. The van der Waals surface area contributed by atoms with Crippen LogP contribution in [0.25, 0.3) is 0 Å². The third-order valence-electron chi connectivity index (χ3n) is 3.16. The number of thioether (sulfide) groups is 1. The maximum absolute atomic E-state index is 11.3. The Labute approximate surface area is 120 Å². The highest BCUT2D eigenvalue weighted by molar-refractivity contribution is 9.10. The molecule has 2 rings (SSSR count). The van der Waals surface area contributed by atoms with Crippen molar-refractivity contribution in [3.63, 3.8) is 0 Å². The first-order valence-corrected chi connectivity index (χ1v) is 7.64. The highest BCUT2D eigenvalue weighted by Crippen LogP contribution is 2.52. The Bertz CT molecular complexity index is 460. The van der Waals surface area contributed by atoms with E-state index in [-0.39, 0.29) is 11.4 Å². The van der Waals surface area contributed by atoms with Crippen molar-refractivity contribution in [3.05, 3.63) is 22.3 Å². The molecule has 0 bridgehead atoms. The van der Waals surface area contributed by atoms with Crippen molar-refractivity contribution in [1.82, 2.24) is 4.98 Å². The summed E-state index contributed by atoms with van der Waals surface area (Å²) in [4.78, 5) is 15.7. The smallest absolute Gasteiger partial charge is 0.306 e. The first-order valence-electron chi connectivity index (χ1n) is 5.86. The van der Waals surface area contributed by atoms with Crippen LogP contribution in [0.3, 0.4) is 0 Å². The predicted molar refractivity (Wildman–Crippen MR) is 75.7 cm³/mol. The molecule has 98 valence electrons. The summed E-state index contributed by atoms with van der Waals surface area (Å²) in [7, 11) is 1.45. The molecule has 18 heavy (non-hydrogen) atoms. The van der Waals surface area contributed by atoms with Crippen LogP contribution in [0.5, 0.6) is 0 Å². The highest BCUT2D eigenvalue weighted by atomic mass is 79.9. The van der Waals surface area contributed by atoms with Crippen molar-refractivity contribution in [1.29, 1.82) is 0 Å². The molecule has 5 heteroatoms. The number of nitrogens with zero attached hydrogens (tertiary/aromatic N) is 1. The summed E-state index contributed by atoms with van der Waals surface area (Å²) < 4.78 is 5.77. The van der Waals surface area contributed by atoms with Crippen LogP contribution in [-0.2, 0) is 9.53 Å². The molecule has 0 spiro atoms. The van der Waals surface area contributed by atoms with Crippen molar-refractivity contribution in [2.24, 2.45) is 5.41 Å². The number of aromatic nitrogens is 1. The van der Waals surface area contributed by atoms with E-state index in [1.807, 2.05) is 13.1 Å². The Balaban J connectivity index is 1.93. The van der Waals surface area contributed by atoms with E-state index < -0.39 is 0 Å². The van der Waals surface area contributed by atoms with Gasteiger partial charge in [0.15, 0.2) is 0 Å². The average molecular weight is 330 g/mol. The average Bonchev–Trinajstić information content (AvgIpc) is 3.08. The van der Waals surface area contributed by atoms with Crippen molar-refractivity contribution < 1.29 is 9.53 Å². The Morgan fingerprint density at radius 1 is 1.61 bits per heavy atom. The van der Waals surface area contributed by atoms with Crippen LogP contribution in [0.2, 0.25) is 0 Å². The van der Waals surface area contributed by atoms with E-state index >= 15 is 0 Å².